The second kappa shape index (κ2) is 6.68. The summed E-state index contributed by atoms with van der Waals surface area (Å²) < 4.78 is 38.2. The van der Waals surface area contributed by atoms with Crippen molar-refractivity contribution in [2.24, 2.45) is 5.41 Å². The Morgan fingerprint density at radius 1 is 1.07 bits per heavy atom. The number of carbonyl (C=O) groups is 1. The van der Waals surface area contributed by atoms with Crippen LogP contribution in [0.2, 0.25) is 0 Å². The minimum atomic E-state index is -4.85. The van der Waals surface area contributed by atoms with Gasteiger partial charge in [0, 0.05) is 18.0 Å². The normalized spacial score (nSPS) is 23.4. The minimum absolute atomic E-state index is 0.204. The van der Waals surface area contributed by atoms with Gasteiger partial charge in [-0.25, -0.2) is 0 Å². The molecule has 0 bridgehead atoms. The fourth-order valence-electron chi connectivity index (χ4n) is 4.07. The number of hydrogen-bond donors (Lipinski definition) is 2. The van der Waals surface area contributed by atoms with E-state index < -0.39 is 18.1 Å². The molecule has 2 atom stereocenters. The molecule has 4 rings (SSSR count). The largest absolute Gasteiger partial charge is 0.471 e. The van der Waals surface area contributed by atoms with E-state index >= 15 is 0 Å². The van der Waals surface area contributed by atoms with Gasteiger partial charge in [-0.2, -0.15) is 13.2 Å². The Balaban J connectivity index is 1.52. The highest BCUT2D eigenvalue weighted by molar-refractivity contribution is 5.82. The Morgan fingerprint density at radius 2 is 1.78 bits per heavy atom. The van der Waals surface area contributed by atoms with Crippen LogP contribution in [0.3, 0.4) is 0 Å². The van der Waals surface area contributed by atoms with E-state index in [1.807, 2.05) is 48.5 Å². The molecule has 0 aromatic heterocycles. The molecule has 0 radical (unpaired) electrons. The first-order valence-corrected chi connectivity index (χ1v) is 9.13. The fourth-order valence-corrected chi connectivity index (χ4v) is 4.07. The molecule has 2 aromatic rings. The van der Waals surface area contributed by atoms with Crippen LogP contribution in [0.15, 0.2) is 54.6 Å². The van der Waals surface area contributed by atoms with E-state index in [4.69, 9.17) is 0 Å². The third-order valence-corrected chi connectivity index (χ3v) is 5.70. The molecule has 1 aliphatic carbocycles. The molecule has 2 unspecified atom stereocenters. The van der Waals surface area contributed by atoms with Gasteiger partial charge >= 0.3 is 12.1 Å². The van der Waals surface area contributed by atoms with Gasteiger partial charge in [-0.15, -0.1) is 0 Å². The SMILES string of the molecule is O=C(NC1C(Cc2cccc(-c3ccccc3)c2)NCC12CC2)C(F)(F)F. The molecule has 27 heavy (non-hydrogen) atoms. The van der Waals surface area contributed by atoms with E-state index in [-0.39, 0.29) is 11.5 Å². The molecule has 2 fully saturated rings. The van der Waals surface area contributed by atoms with Crippen molar-refractivity contribution in [2.45, 2.75) is 37.5 Å². The number of benzene rings is 2. The van der Waals surface area contributed by atoms with Crippen LogP contribution in [-0.4, -0.2) is 30.7 Å². The number of rotatable bonds is 4. The molecule has 6 heteroatoms. The number of halogens is 3. The number of nitrogens with one attached hydrogen (secondary N) is 2. The van der Waals surface area contributed by atoms with Crippen LogP contribution in [-0.2, 0) is 11.2 Å². The third kappa shape index (κ3) is 3.72. The zero-order valence-electron chi connectivity index (χ0n) is 14.7. The van der Waals surface area contributed by atoms with Gasteiger partial charge in [-0.3, -0.25) is 4.79 Å². The molecule has 1 saturated heterocycles. The van der Waals surface area contributed by atoms with Crippen molar-refractivity contribution in [3.05, 3.63) is 60.2 Å². The zero-order valence-corrected chi connectivity index (χ0v) is 14.7. The maximum atomic E-state index is 12.7. The van der Waals surface area contributed by atoms with Gasteiger partial charge in [-0.05, 0) is 36.0 Å². The lowest BCUT2D eigenvalue weighted by Gasteiger charge is -2.26. The van der Waals surface area contributed by atoms with Crippen molar-refractivity contribution in [1.82, 2.24) is 10.6 Å². The average molecular weight is 374 g/mol. The van der Waals surface area contributed by atoms with Crippen molar-refractivity contribution < 1.29 is 18.0 Å². The molecule has 2 aliphatic rings. The van der Waals surface area contributed by atoms with E-state index in [0.29, 0.717) is 13.0 Å². The third-order valence-electron chi connectivity index (χ3n) is 5.70. The Kier molecular flexibility index (Phi) is 4.46. The zero-order chi connectivity index (χ0) is 19.1. The summed E-state index contributed by atoms with van der Waals surface area (Å²) in [6, 6.07) is 17.3. The molecule has 1 spiro atoms. The summed E-state index contributed by atoms with van der Waals surface area (Å²) in [7, 11) is 0. The number of amides is 1. The maximum Gasteiger partial charge on any atom is 0.471 e. The summed E-state index contributed by atoms with van der Waals surface area (Å²) in [4.78, 5) is 11.5. The lowest BCUT2D eigenvalue weighted by Crippen LogP contribution is -2.51. The van der Waals surface area contributed by atoms with Crippen molar-refractivity contribution in [3.63, 3.8) is 0 Å². The summed E-state index contributed by atoms with van der Waals surface area (Å²) in [6.45, 7) is 0.652. The highest BCUT2D eigenvalue weighted by Crippen LogP contribution is 2.52. The van der Waals surface area contributed by atoms with Gasteiger partial charge < -0.3 is 10.6 Å². The van der Waals surface area contributed by atoms with Gasteiger partial charge in [0.05, 0.1) is 6.04 Å². The lowest BCUT2D eigenvalue weighted by atomic mass is 9.91. The van der Waals surface area contributed by atoms with E-state index in [1.165, 1.54) is 0 Å². The van der Waals surface area contributed by atoms with Crippen LogP contribution in [0.4, 0.5) is 13.2 Å². The average Bonchev–Trinajstić information content (AvgIpc) is 3.37. The summed E-state index contributed by atoms with van der Waals surface area (Å²) in [5.41, 5.74) is 2.99. The van der Waals surface area contributed by atoms with Crippen LogP contribution >= 0.6 is 0 Å². The summed E-state index contributed by atoms with van der Waals surface area (Å²) >= 11 is 0. The van der Waals surface area contributed by atoms with E-state index in [1.54, 1.807) is 0 Å². The molecule has 2 aromatic carbocycles. The molecule has 1 heterocycles. The van der Waals surface area contributed by atoms with Crippen molar-refractivity contribution in [2.75, 3.05) is 6.54 Å². The van der Waals surface area contributed by atoms with Gasteiger partial charge in [-0.1, -0.05) is 54.6 Å². The van der Waals surface area contributed by atoms with Crippen molar-refractivity contribution in [1.29, 1.82) is 0 Å². The Bertz CT molecular complexity index is 831. The molecular weight excluding hydrogens is 353 g/mol. The number of carbonyl (C=O) groups excluding carboxylic acids is 1. The Labute approximate surface area is 156 Å². The summed E-state index contributed by atoms with van der Waals surface area (Å²) in [6.07, 6.45) is -2.58. The van der Waals surface area contributed by atoms with Crippen LogP contribution in [0.25, 0.3) is 11.1 Å². The first kappa shape index (κ1) is 18.0. The second-order valence-corrected chi connectivity index (χ2v) is 7.57. The van der Waals surface area contributed by atoms with Crippen molar-refractivity contribution >= 4 is 5.91 Å². The Morgan fingerprint density at radius 3 is 2.44 bits per heavy atom. The molecule has 1 amide bonds. The van der Waals surface area contributed by atoms with Gasteiger partial charge in [0.1, 0.15) is 0 Å². The molecular formula is C21H21F3N2O. The lowest BCUT2D eigenvalue weighted by molar-refractivity contribution is -0.174. The van der Waals surface area contributed by atoms with E-state index in [2.05, 4.69) is 16.7 Å². The number of hydrogen-bond acceptors (Lipinski definition) is 2. The van der Waals surface area contributed by atoms with Crippen LogP contribution < -0.4 is 10.6 Å². The second-order valence-electron chi connectivity index (χ2n) is 7.57. The molecule has 2 N–H and O–H groups in total. The maximum absolute atomic E-state index is 12.7. The van der Waals surface area contributed by atoms with Gasteiger partial charge in [0.2, 0.25) is 0 Å². The van der Waals surface area contributed by atoms with Crippen molar-refractivity contribution in [3.8, 4) is 11.1 Å². The summed E-state index contributed by atoms with van der Waals surface area (Å²) in [5, 5.41) is 5.60. The molecule has 1 saturated carbocycles. The first-order chi connectivity index (χ1) is 12.9. The van der Waals surface area contributed by atoms with Gasteiger partial charge in [0.15, 0.2) is 0 Å². The standard InChI is InChI=1S/C21H21F3N2O/c22-21(23,24)19(27)26-18-17(25-13-20(18)9-10-20)12-14-5-4-8-16(11-14)15-6-2-1-3-7-15/h1-8,11,17-18,25H,9-10,12-13H2,(H,26,27). The topological polar surface area (TPSA) is 41.1 Å². The minimum Gasteiger partial charge on any atom is -0.343 e. The molecule has 142 valence electrons. The number of alkyl halides is 3. The van der Waals surface area contributed by atoms with Crippen LogP contribution in [0.1, 0.15) is 18.4 Å². The summed E-state index contributed by atoms with van der Waals surface area (Å²) in [5.74, 6) is -1.84. The quantitative estimate of drug-likeness (QED) is 0.857. The van der Waals surface area contributed by atoms with E-state index in [0.717, 1.165) is 29.5 Å². The highest BCUT2D eigenvalue weighted by atomic mass is 19.4. The predicted molar refractivity (Wildman–Crippen MR) is 97.0 cm³/mol. The van der Waals surface area contributed by atoms with Gasteiger partial charge in [0.25, 0.3) is 0 Å². The smallest absolute Gasteiger partial charge is 0.343 e. The monoisotopic (exact) mass is 374 g/mol. The van der Waals surface area contributed by atoms with Crippen LogP contribution in [0, 0.1) is 5.41 Å². The molecule has 3 nitrogen and oxygen atoms in total. The van der Waals surface area contributed by atoms with E-state index in [9.17, 15) is 18.0 Å². The highest BCUT2D eigenvalue weighted by Gasteiger charge is 2.58. The first-order valence-electron chi connectivity index (χ1n) is 9.13. The van der Waals surface area contributed by atoms with Crippen LogP contribution in [0.5, 0.6) is 0 Å². The predicted octanol–water partition coefficient (Wildman–Crippen LogP) is 3.70. The molecule has 1 aliphatic heterocycles. The Hall–Kier alpha value is -2.34. The fraction of sp³-hybridized carbons (Fsp3) is 0.381.